The first-order valence-corrected chi connectivity index (χ1v) is 21.3. The molecular weight excluding hydrogens is 952 g/mol. The van der Waals surface area contributed by atoms with Crippen LogP contribution in [-0.4, -0.2) is 14.5 Å². The molecule has 0 spiro atoms. The molecule has 0 bridgehead atoms. The maximum absolute atomic E-state index is 5.22. The summed E-state index contributed by atoms with van der Waals surface area (Å²) < 4.78 is 2.30. The molecule has 0 unspecified atom stereocenters. The SMILES string of the molecule is CC(C)c1ccccc1-c1ccnc(-n2c3[c-]c(C4(c5[c-]c(N6[OH+]N(c7ccccc7)c7ccccc76)ccc5)c5ccccc5-c5ccccc54)ccc3c3ccccc32)c1.[Pt]. The van der Waals surface area contributed by atoms with E-state index in [4.69, 9.17) is 9.92 Å². The Hall–Kier alpha value is -7.04. The molecule has 0 fully saturated rings. The molecule has 8 aromatic carbocycles. The van der Waals surface area contributed by atoms with Gasteiger partial charge >= 0.3 is 0 Å². The van der Waals surface area contributed by atoms with E-state index >= 15 is 0 Å². The van der Waals surface area contributed by atoms with E-state index in [1.54, 1.807) is 0 Å². The van der Waals surface area contributed by atoms with Crippen LogP contribution < -0.4 is 10.1 Å². The molecule has 2 aliphatic rings. The van der Waals surface area contributed by atoms with Gasteiger partial charge in [-0.1, -0.05) is 146 Å². The summed E-state index contributed by atoms with van der Waals surface area (Å²) in [5.74, 6) is 1.24. The van der Waals surface area contributed by atoms with Crippen LogP contribution in [0.5, 0.6) is 0 Å². The van der Waals surface area contributed by atoms with Crippen molar-refractivity contribution in [2.45, 2.75) is 25.2 Å². The summed E-state index contributed by atoms with van der Waals surface area (Å²) in [5, 5.41) is 6.32. The Morgan fingerprint density at radius 3 is 1.94 bits per heavy atom. The summed E-state index contributed by atoms with van der Waals surface area (Å²) in [6.07, 6.45) is 1.94. The van der Waals surface area contributed by atoms with E-state index in [2.05, 4.69) is 206 Å². The van der Waals surface area contributed by atoms with Crippen molar-refractivity contribution in [2.75, 3.05) is 10.1 Å². The van der Waals surface area contributed by atoms with Crippen molar-refractivity contribution < 1.29 is 26.0 Å². The molecule has 1 N–H and O–H groups in total. The zero-order valence-electron chi connectivity index (χ0n) is 34.7. The standard InChI is InChI=1S/C57H40N4O.Pt/c1-38(2)44-21-6-7-22-45(44)39-33-34-58-56(35-39)59-52-28-13-10-25-48(52)49-32-31-41(37-55(49)59)57(50-26-11-8-23-46(50)47-24-9-12-27-51(47)57)40-17-16-20-43(36-40)61-54-30-15-14-29-53(54)60(62-61)42-18-4-3-5-19-42;/h3-35,38H,1-2H3;/q-2;/p+1. The number of hydrogen-bond donors (Lipinski definition) is 0. The second-order valence-corrected chi connectivity index (χ2v) is 16.5. The van der Waals surface area contributed by atoms with Gasteiger partial charge in [-0.2, -0.15) is 35.3 Å². The minimum absolute atomic E-state index is 0. The van der Waals surface area contributed by atoms with Crippen molar-refractivity contribution in [2.24, 2.45) is 0 Å². The largest absolute Gasteiger partial charge is 0.319 e. The summed E-state index contributed by atoms with van der Waals surface area (Å²) >= 11 is 0. The van der Waals surface area contributed by atoms with E-state index in [9.17, 15) is 0 Å². The van der Waals surface area contributed by atoms with Crippen molar-refractivity contribution in [1.82, 2.24) is 9.55 Å². The fourth-order valence-electron chi connectivity index (χ4n) is 10.0. The topological polar surface area (TPSA) is 37.1 Å². The van der Waals surface area contributed by atoms with Crippen LogP contribution >= 0.6 is 0 Å². The van der Waals surface area contributed by atoms with Gasteiger partial charge in [-0.25, -0.2) is 4.98 Å². The van der Waals surface area contributed by atoms with Crippen LogP contribution in [0.3, 0.4) is 0 Å². The average molecular weight is 993 g/mol. The van der Waals surface area contributed by atoms with Gasteiger partial charge in [0, 0.05) is 43.9 Å². The number of nitrogens with zero attached hydrogens (tertiary/aromatic N) is 4. The Balaban J connectivity index is 0.00000444. The minimum Gasteiger partial charge on any atom is -0.319 e. The van der Waals surface area contributed by atoms with E-state index < -0.39 is 5.41 Å². The summed E-state index contributed by atoms with van der Waals surface area (Å²) in [6.45, 7) is 4.51. The van der Waals surface area contributed by atoms with Crippen LogP contribution in [-0.2, 0) is 26.5 Å². The van der Waals surface area contributed by atoms with Gasteiger partial charge in [0.25, 0.3) is 0 Å². The molecule has 1 aliphatic carbocycles. The van der Waals surface area contributed by atoms with Crippen molar-refractivity contribution in [3.05, 3.63) is 240 Å². The van der Waals surface area contributed by atoms with Gasteiger partial charge in [-0.3, -0.25) is 0 Å². The molecule has 2 aromatic heterocycles. The minimum atomic E-state index is -0.761. The molecule has 0 atom stereocenters. The zero-order valence-corrected chi connectivity index (χ0v) is 37.0. The van der Waals surface area contributed by atoms with Gasteiger partial charge in [-0.15, -0.1) is 33.7 Å². The van der Waals surface area contributed by atoms with Crippen LogP contribution in [0, 0.1) is 12.1 Å². The maximum atomic E-state index is 5.22. The Morgan fingerprint density at radius 2 is 1.17 bits per heavy atom. The number of pyridine rings is 1. The Kier molecular flexibility index (Phi) is 9.49. The van der Waals surface area contributed by atoms with Crippen LogP contribution in [0.25, 0.3) is 49.9 Å². The smallest absolute Gasteiger partial charge is 0.148 e. The third-order valence-corrected chi connectivity index (χ3v) is 12.7. The molecule has 0 saturated heterocycles. The molecule has 63 heavy (non-hydrogen) atoms. The summed E-state index contributed by atoms with van der Waals surface area (Å²) in [4.78, 5) is 10.3. The van der Waals surface area contributed by atoms with E-state index in [-0.39, 0.29) is 21.1 Å². The molecule has 0 amide bonds. The van der Waals surface area contributed by atoms with Crippen molar-refractivity contribution in [3.8, 4) is 28.1 Å². The molecule has 5 nitrogen and oxygen atoms in total. The molecule has 0 radical (unpaired) electrons. The van der Waals surface area contributed by atoms with Gasteiger partial charge in [0.05, 0.1) is 0 Å². The van der Waals surface area contributed by atoms with E-state index in [0.29, 0.717) is 5.92 Å². The Bertz CT molecular complexity index is 3310. The number of fused-ring (bicyclic) bond motifs is 7. The molecule has 306 valence electrons. The van der Waals surface area contributed by atoms with Crippen molar-refractivity contribution in [3.63, 3.8) is 0 Å². The molecule has 0 saturated carbocycles. The van der Waals surface area contributed by atoms with Gasteiger partial charge in [0.2, 0.25) is 0 Å². The first-order chi connectivity index (χ1) is 30.6. The van der Waals surface area contributed by atoms with E-state index in [1.807, 2.05) is 34.5 Å². The molecule has 10 aromatic rings. The summed E-state index contributed by atoms with van der Waals surface area (Å²) in [7, 11) is 0. The normalized spacial score (nSPS) is 13.6. The predicted molar refractivity (Wildman–Crippen MR) is 252 cm³/mol. The number of aromatic nitrogens is 2. The second-order valence-electron chi connectivity index (χ2n) is 16.5. The molecule has 3 heterocycles. The Morgan fingerprint density at radius 1 is 0.540 bits per heavy atom. The first-order valence-electron chi connectivity index (χ1n) is 21.3. The third-order valence-electron chi connectivity index (χ3n) is 12.7. The zero-order chi connectivity index (χ0) is 41.4. The van der Waals surface area contributed by atoms with Crippen LogP contribution in [0.15, 0.2) is 200 Å². The van der Waals surface area contributed by atoms with Gasteiger partial charge < -0.3 is 4.57 Å². The fourth-order valence-corrected chi connectivity index (χ4v) is 10.0. The number of rotatable bonds is 7. The van der Waals surface area contributed by atoms with Crippen molar-refractivity contribution in [1.29, 1.82) is 0 Å². The van der Waals surface area contributed by atoms with Gasteiger partial charge in [-0.05, 0) is 92.7 Å². The van der Waals surface area contributed by atoms with Crippen LogP contribution in [0.1, 0.15) is 47.6 Å². The fraction of sp³-hybridized carbons (Fsp3) is 0.0702. The number of para-hydroxylation sites is 4. The second kappa shape index (κ2) is 15.4. The quantitative estimate of drug-likeness (QED) is 0.118. The molecular formula is C57H41N4OPt-. The van der Waals surface area contributed by atoms with Gasteiger partial charge in [0.1, 0.15) is 22.9 Å². The summed E-state index contributed by atoms with van der Waals surface area (Å²) in [6, 6.07) is 77.3. The Labute approximate surface area is 381 Å². The third kappa shape index (κ3) is 5.95. The first kappa shape index (κ1) is 38.9. The predicted octanol–water partition coefficient (Wildman–Crippen LogP) is 14.1. The molecule has 6 heteroatoms. The van der Waals surface area contributed by atoms with Crippen LogP contribution in [0.2, 0.25) is 0 Å². The van der Waals surface area contributed by atoms with Crippen LogP contribution in [0.4, 0.5) is 22.7 Å². The number of anilines is 4. The van der Waals surface area contributed by atoms with Gasteiger partial charge in [0.15, 0.2) is 0 Å². The monoisotopic (exact) mass is 992 g/mol. The molecule has 1 aliphatic heterocycles. The molecule has 12 rings (SSSR count). The summed E-state index contributed by atoms with van der Waals surface area (Å²) in [5.41, 5.74) is 15.7. The maximum Gasteiger partial charge on any atom is 0.148 e. The van der Waals surface area contributed by atoms with E-state index in [1.165, 1.54) is 33.4 Å². The van der Waals surface area contributed by atoms with Crippen molar-refractivity contribution >= 4 is 44.6 Å². The average Bonchev–Trinajstić information content (AvgIpc) is 3.99. The van der Waals surface area contributed by atoms with E-state index in [0.717, 1.165) is 67.1 Å². The number of hydrogen-bond acceptors (Lipinski definition) is 3. The number of benzene rings is 8.